The van der Waals surface area contributed by atoms with Crippen LogP contribution in [0.3, 0.4) is 0 Å². The van der Waals surface area contributed by atoms with E-state index in [1.54, 1.807) is 42.9 Å². The lowest BCUT2D eigenvalue weighted by Crippen LogP contribution is -2.26. The monoisotopic (exact) mass is 333 g/mol. The molecule has 2 rings (SSSR count). The first-order valence-electron chi connectivity index (χ1n) is 7.20. The number of benzene rings is 1. The zero-order chi connectivity index (χ0) is 16.9. The lowest BCUT2D eigenvalue weighted by Gasteiger charge is -2.14. The molecule has 0 aliphatic heterocycles. The van der Waals surface area contributed by atoms with E-state index in [0.717, 1.165) is 11.3 Å². The fourth-order valence-corrected chi connectivity index (χ4v) is 2.73. The van der Waals surface area contributed by atoms with Gasteiger partial charge in [-0.25, -0.2) is 8.42 Å². The molecule has 0 spiro atoms. The Kier molecular flexibility index (Phi) is 5.44. The summed E-state index contributed by atoms with van der Waals surface area (Å²) in [5.74, 6) is -0.0876. The second-order valence-electron chi connectivity index (χ2n) is 5.33. The number of hydrogen-bond donors (Lipinski definition) is 1. The number of carbonyl (C=O) groups is 1. The van der Waals surface area contributed by atoms with Gasteiger partial charge in [-0.05, 0) is 31.0 Å². The van der Waals surface area contributed by atoms with Crippen molar-refractivity contribution < 1.29 is 13.2 Å². The molecular formula is C16H19N3O3S. The first-order valence-corrected chi connectivity index (χ1v) is 9.09. The van der Waals surface area contributed by atoms with Crippen molar-refractivity contribution in [2.75, 3.05) is 6.26 Å². The normalized spacial score (nSPS) is 12.6. The molecule has 1 atom stereocenters. The minimum absolute atomic E-state index is 0.0876. The highest BCUT2D eigenvalue weighted by molar-refractivity contribution is 7.90. The molecule has 23 heavy (non-hydrogen) atoms. The van der Waals surface area contributed by atoms with Gasteiger partial charge in [0.15, 0.2) is 9.84 Å². The molecule has 0 fully saturated rings. The van der Waals surface area contributed by atoms with Gasteiger partial charge in [0.2, 0.25) is 5.91 Å². The van der Waals surface area contributed by atoms with Gasteiger partial charge >= 0.3 is 0 Å². The molecule has 0 unspecified atom stereocenters. The number of amides is 1. The molecule has 1 N–H and O–H groups in total. The summed E-state index contributed by atoms with van der Waals surface area (Å²) in [4.78, 5) is 20.3. The van der Waals surface area contributed by atoms with Crippen molar-refractivity contribution in [2.24, 2.45) is 0 Å². The second-order valence-corrected chi connectivity index (χ2v) is 7.34. The van der Waals surface area contributed by atoms with Crippen LogP contribution >= 0.6 is 0 Å². The standard InChI is InChI=1S/C16H19N3O3S/c1-12(13-3-6-15(7-4-13)23(2,21)22)19-16(20)8-5-14-11-17-9-10-18-14/h3-4,6-7,9-12H,5,8H2,1-2H3,(H,19,20)/t12-/m0/s1. The number of carbonyl (C=O) groups excluding carboxylic acids is 1. The number of hydrogen-bond acceptors (Lipinski definition) is 5. The third-order valence-electron chi connectivity index (χ3n) is 3.41. The zero-order valence-corrected chi connectivity index (χ0v) is 13.9. The van der Waals surface area contributed by atoms with Crippen molar-refractivity contribution in [3.05, 3.63) is 54.1 Å². The van der Waals surface area contributed by atoms with Crippen LogP contribution in [0.25, 0.3) is 0 Å². The molecule has 1 aromatic heterocycles. The Bertz CT molecular complexity index is 759. The van der Waals surface area contributed by atoms with Crippen molar-refractivity contribution in [3.8, 4) is 0 Å². The lowest BCUT2D eigenvalue weighted by molar-refractivity contribution is -0.121. The molecule has 1 aromatic carbocycles. The van der Waals surface area contributed by atoms with Gasteiger partial charge in [-0.1, -0.05) is 12.1 Å². The number of rotatable bonds is 6. The molecule has 1 amide bonds. The Hall–Kier alpha value is -2.28. The molecule has 0 aliphatic carbocycles. The van der Waals surface area contributed by atoms with Gasteiger partial charge in [-0.15, -0.1) is 0 Å². The Morgan fingerprint density at radius 3 is 2.48 bits per heavy atom. The van der Waals surface area contributed by atoms with Crippen LogP contribution in [0.5, 0.6) is 0 Å². The molecular weight excluding hydrogens is 314 g/mol. The van der Waals surface area contributed by atoms with Crippen molar-refractivity contribution in [1.29, 1.82) is 0 Å². The summed E-state index contributed by atoms with van der Waals surface area (Å²) in [7, 11) is -3.21. The average Bonchev–Trinajstić information content (AvgIpc) is 2.53. The van der Waals surface area contributed by atoms with E-state index < -0.39 is 9.84 Å². The highest BCUT2D eigenvalue weighted by Crippen LogP contribution is 2.16. The number of aryl methyl sites for hydroxylation is 1. The van der Waals surface area contributed by atoms with Gasteiger partial charge in [0, 0.05) is 31.3 Å². The Balaban J connectivity index is 1.90. The van der Waals surface area contributed by atoms with E-state index in [1.165, 1.54) is 6.26 Å². The quantitative estimate of drug-likeness (QED) is 0.869. The van der Waals surface area contributed by atoms with Crippen molar-refractivity contribution in [1.82, 2.24) is 15.3 Å². The number of nitrogens with zero attached hydrogens (tertiary/aromatic N) is 2. The molecule has 0 saturated heterocycles. The topological polar surface area (TPSA) is 89.0 Å². The number of sulfone groups is 1. The molecule has 0 saturated carbocycles. The number of nitrogens with one attached hydrogen (secondary N) is 1. The van der Waals surface area contributed by atoms with Crippen LogP contribution in [0.2, 0.25) is 0 Å². The van der Waals surface area contributed by atoms with E-state index in [4.69, 9.17) is 0 Å². The third kappa shape index (κ3) is 5.14. The molecule has 1 heterocycles. The van der Waals surface area contributed by atoms with E-state index in [-0.39, 0.29) is 16.8 Å². The van der Waals surface area contributed by atoms with Gasteiger partial charge in [0.05, 0.1) is 16.6 Å². The molecule has 0 radical (unpaired) electrons. The molecule has 0 bridgehead atoms. The summed E-state index contributed by atoms with van der Waals surface area (Å²) in [5.41, 5.74) is 1.62. The van der Waals surface area contributed by atoms with E-state index >= 15 is 0 Å². The summed E-state index contributed by atoms with van der Waals surface area (Å²) in [6.07, 6.45) is 6.84. The van der Waals surface area contributed by atoms with E-state index in [1.807, 2.05) is 6.92 Å². The summed E-state index contributed by atoms with van der Waals surface area (Å²) in [5, 5.41) is 2.89. The maximum atomic E-state index is 12.0. The first kappa shape index (κ1) is 17.1. The van der Waals surface area contributed by atoms with Gasteiger partial charge < -0.3 is 5.32 Å². The van der Waals surface area contributed by atoms with Crippen LogP contribution in [0.15, 0.2) is 47.8 Å². The summed E-state index contributed by atoms with van der Waals surface area (Å²) < 4.78 is 22.9. The largest absolute Gasteiger partial charge is 0.350 e. The summed E-state index contributed by atoms with van der Waals surface area (Å²) in [6, 6.07) is 6.33. The van der Waals surface area contributed by atoms with Crippen LogP contribution in [-0.2, 0) is 21.1 Å². The highest BCUT2D eigenvalue weighted by atomic mass is 32.2. The second kappa shape index (κ2) is 7.32. The van der Waals surface area contributed by atoms with Gasteiger partial charge in [-0.2, -0.15) is 0 Å². The SMILES string of the molecule is C[C@H](NC(=O)CCc1cnccn1)c1ccc(S(C)(=O)=O)cc1. The van der Waals surface area contributed by atoms with Crippen molar-refractivity contribution in [3.63, 3.8) is 0 Å². The van der Waals surface area contributed by atoms with Crippen LogP contribution in [0.1, 0.15) is 30.6 Å². The smallest absolute Gasteiger partial charge is 0.220 e. The van der Waals surface area contributed by atoms with Crippen LogP contribution in [0, 0.1) is 0 Å². The van der Waals surface area contributed by atoms with Crippen molar-refractivity contribution in [2.45, 2.75) is 30.7 Å². The van der Waals surface area contributed by atoms with E-state index in [0.29, 0.717) is 12.8 Å². The predicted octanol–water partition coefficient (Wildman–Crippen LogP) is 1.69. The minimum atomic E-state index is -3.21. The third-order valence-corrected chi connectivity index (χ3v) is 4.54. The average molecular weight is 333 g/mol. The highest BCUT2D eigenvalue weighted by Gasteiger charge is 2.12. The van der Waals surface area contributed by atoms with Crippen LogP contribution in [0.4, 0.5) is 0 Å². The molecule has 0 aliphatic rings. The summed E-state index contributed by atoms with van der Waals surface area (Å²) in [6.45, 7) is 1.86. The van der Waals surface area contributed by atoms with Gasteiger partial charge in [0.1, 0.15) is 0 Å². The molecule has 2 aromatic rings. The van der Waals surface area contributed by atoms with Gasteiger partial charge in [0.25, 0.3) is 0 Å². The first-order chi connectivity index (χ1) is 10.9. The Morgan fingerprint density at radius 2 is 1.91 bits per heavy atom. The molecule has 6 nitrogen and oxygen atoms in total. The number of aromatic nitrogens is 2. The molecule has 122 valence electrons. The summed E-state index contributed by atoms with van der Waals surface area (Å²) >= 11 is 0. The zero-order valence-electron chi connectivity index (χ0n) is 13.1. The maximum absolute atomic E-state index is 12.0. The van der Waals surface area contributed by atoms with E-state index in [2.05, 4.69) is 15.3 Å². The van der Waals surface area contributed by atoms with Crippen LogP contribution < -0.4 is 5.32 Å². The van der Waals surface area contributed by atoms with E-state index in [9.17, 15) is 13.2 Å². The van der Waals surface area contributed by atoms with Gasteiger partial charge in [-0.3, -0.25) is 14.8 Å². The minimum Gasteiger partial charge on any atom is -0.350 e. The molecule has 7 heteroatoms. The Morgan fingerprint density at radius 1 is 1.22 bits per heavy atom. The van der Waals surface area contributed by atoms with Crippen LogP contribution in [-0.4, -0.2) is 30.5 Å². The lowest BCUT2D eigenvalue weighted by atomic mass is 10.1. The maximum Gasteiger partial charge on any atom is 0.220 e. The fraction of sp³-hybridized carbons (Fsp3) is 0.312. The van der Waals surface area contributed by atoms with Crippen molar-refractivity contribution >= 4 is 15.7 Å². The predicted molar refractivity (Wildman–Crippen MR) is 86.5 cm³/mol. The Labute approximate surface area is 135 Å². The fourth-order valence-electron chi connectivity index (χ4n) is 2.10.